The summed E-state index contributed by atoms with van der Waals surface area (Å²) in [6, 6.07) is 5.09. The van der Waals surface area contributed by atoms with E-state index in [0.717, 1.165) is 32.1 Å². The van der Waals surface area contributed by atoms with Gasteiger partial charge in [-0.25, -0.2) is 13.2 Å². The van der Waals surface area contributed by atoms with Gasteiger partial charge in [-0.15, -0.1) is 0 Å². The van der Waals surface area contributed by atoms with Crippen LogP contribution < -0.4 is 4.74 Å². The Morgan fingerprint density at radius 2 is 1.43 bits per heavy atom. The normalized spacial score (nSPS) is 11.4. The van der Waals surface area contributed by atoms with Gasteiger partial charge in [-0.2, -0.15) is 4.39 Å². The second-order valence-electron chi connectivity index (χ2n) is 6.73. The third-order valence-corrected chi connectivity index (χ3v) is 4.53. The number of hydrogen-bond acceptors (Lipinski definition) is 1. The smallest absolute Gasteiger partial charge is 0.201 e. The Kier molecular flexibility index (Phi) is 8.55. The Bertz CT molecular complexity index is 815. The Morgan fingerprint density at radius 1 is 0.750 bits per heavy atom. The average Bonchev–Trinajstić information content (AvgIpc) is 2.69. The van der Waals surface area contributed by atoms with Crippen molar-refractivity contribution in [1.29, 1.82) is 0 Å². The molecule has 28 heavy (non-hydrogen) atoms. The van der Waals surface area contributed by atoms with Crippen LogP contribution in [0, 0.1) is 23.3 Å². The lowest BCUT2D eigenvalue weighted by Gasteiger charge is -2.11. The molecule has 0 bridgehead atoms. The van der Waals surface area contributed by atoms with Crippen molar-refractivity contribution in [2.45, 2.75) is 58.8 Å². The molecule has 0 atom stereocenters. The summed E-state index contributed by atoms with van der Waals surface area (Å²) in [5.74, 6) is -4.99. The maximum absolute atomic E-state index is 14.5. The average molecular weight is 394 g/mol. The number of halogens is 4. The van der Waals surface area contributed by atoms with Gasteiger partial charge in [0, 0.05) is 11.1 Å². The van der Waals surface area contributed by atoms with E-state index < -0.39 is 23.3 Å². The van der Waals surface area contributed by atoms with Gasteiger partial charge in [-0.1, -0.05) is 51.7 Å². The zero-order valence-corrected chi connectivity index (χ0v) is 16.3. The largest absolute Gasteiger partial charge is 0.462 e. The zero-order valence-electron chi connectivity index (χ0n) is 16.3. The summed E-state index contributed by atoms with van der Waals surface area (Å²) in [5, 5.41) is 0. The van der Waals surface area contributed by atoms with Gasteiger partial charge in [0.25, 0.3) is 0 Å². The first kappa shape index (κ1) is 22.0. The maximum atomic E-state index is 14.5. The van der Waals surface area contributed by atoms with Crippen molar-refractivity contribution >= 4 is 0 Å². The molecule has 0 N–H and O–H groups in total. The first-order chi connectivity index (χ1) is 13.5. The van der Waals surface area contributed by atoms with E-state index in [0.29, 0.717) is 12.8 Å². The van der Waals surface area contributed by atoms with Crippen molar-refractivity contribution in [3.63, 3.8) is 0 Å². The van der Waals surface area contributed by atoms with E-state index in [1.165, 1.54) is 30.5 Å². The van der Waals surface area contributed by atoms with E-state index in [-0.39, 0.29) is 22.4 Å². The van der Waals surface area contributed by atoms with E-state index >= 15 is 0 Å². The predicted octanol–water partition coefficient (Wildman–Crippen LogP) is 7.73. The Balaban J connectivity index is 2.16. The molecule has 0 spiro atoms. The van der Waals surface area contributed by atoms with Crippen LogP contribution in [0.3, 0.4) is 0 Å². The van der Waals surface area contributed by atoms with Gasteiger partial charge in [0.15, 0.2) is 23.2 Å². The molecule has 5 heteroatoms. The minimum Gasteiger partial charge on any atom is -0.462 e. The van der Waals surface area contributed by atoms with Crippen LogP contribution in [0.25, 0.3) is 11.1 Å². The van der Waals surface area contributed by atoms with Crippen molar-refractivity contribution in [3.05, 3.63) is 65.4 Å². The lowest BCUT2D eigenvalue weighted by molar-refractivity contribution is 0.414. The zero-order chi connectivity index (χ0) is 20.5. The van der Waals surface area contributed by atoms with Gasteiger partial charge < -0.3 is 4.74 Å². The number of allylic oxidation sites excluding steroid dienone is 1. The molecule has 0 aliphatic rings. The standard InChI is InChI=1S/C23H26F4O/c1-3-5-6-7-8-9-15-28-19-14-13-18(22(26)23(19)27)17-12-11-16(10-4-2)20(24)21(17)25/h9,11-15H,3-8,10H2,1-2H3. The highest BCUT2D eigenvalue weighted by Crippen LogP contribution is 2.33. The SMILES string of the molecule is CCCCCCC=COc1ccc(-c2ccc(CCC)c(F)c2F)c(F)c1F. The second-order valence-corrected chi connectivity index (χ2v) is 6.73. The van der Waals surface area contributed by atoms with Crippen LogP contribution in [0.5, 0.6) is 5.75 Å². The molecule has 0 aromatic heterocycles. The van der Waals surface area contributed by atoms with Crippen molar-refractivity contribution in [2.75, 3.05) is 0 Å². The minimum absolute atomic E-state index is 0.216. The number of unbranched alkanes of at least 4 members (excludes halogenated alkanes) is 4. The molecule has 2 aromatic carbocycles. The van der Waals surface area contributed by atoms with Gasteiger partial charge in [-0.3, -0.25) is 0 Å². The Morgan fingerprint density at radius 3 is 2.11 bits per heavy atom. The summed E-state index contributed by atoms with van der Waals surface area (Å²) >= 11 is 0. The molecule has 2 rings (SSSR count). The van der Waals surface area contributed by atoms with Crippen LogP contribution in [0.2, 0.25) is 0 Å². The summed E-state index contributed by atoms with van der Waals surface area (Å²) in [6.07, 6.45) is 9.30. The van der Waals surface area contributed by atoms with Crippen LogP contribution >= 0.6 is 0 Å². The van der Waals surface area contributed by atoms with Gasteiger partial charge in [-0.05, 0) is 43.0 Å². The number of rotatable bonds is 10. The maximum Gasteiger partial charge on any atom is 0.201 e. The molecule has 0 aliphatic carbocycles. The molecule has 1 nitrogen and oxygen atoms in total. The van der Waals surface area contributed by atoms with Crippen LogP contribution in [0.4, 0.5) is 17.6 Å². The van der Waals surface area contributed by atoms with E-state index in [4.69, 9.17) is 4.74 Å². The Hall–Kier alpha value is -2.30. The molecule has 0 radical (unpaired) electrons. The number of hydrogen-bond donors (Lipinski definition) is 0. The minimum atomic E-state index is -1.27. The number of benzene rings is 2. The van der Waals surface area contributed by atoms with Crippen LogP contribution in [0.15, 0.2) is 36.6 Å². The fourth-order valence-corrected chi connectivity index (χ4v) is 2.97. The summed E-state index contributed by atoms with van der Waals surface area (Å²) in [6.45, 7) is 3.97. The highest BCUT2D eigenvalue weighted by Gasteiger charge is 2.21. The van der Waals surface area contributed by atoms with Crippen LogP contribution in [-0.2, 0) is 6.42 Å². The Labute approximate surface area is 164 Å². The fourth-order valence-electron chi connectivity index (χ4n) is 2.97. The van der Waals surface area contributed by atoms with Crippen molar-refractivity contribution in [1.82, 2.24) is 0 Å². The highest BCUT2D eigenvalue weighted by molar-refractivity contribution is 5.66. The summed E-state index contributed by atoms with van der Waals surface area (Å²) in [7, 11) is 0. The van der Waals surface area contributed by atoms with E-state index in [1.807, 2.05) is 6.92 Å². The molecule has 0 fully saturated rings. The highest BCUT2D eigenvalue weighted by atomic mass is 19.2. The topological polar surface area (TPSA) is 9.23 Å². The fraction of sp³-hybridized carbons (Fsp3) is 0.391. The molecular weight excluding hydrogens is 368 g/mol. The summed E-state index contributed by atoms with van der Waals surface area (Å²) < 4.78 is 62.4. The molecule has 0 heterocycles. The van der Waals surface area contributed by atoms with Crippen LogP contribution in [-0.4, -0.2) is 0 Å². The third kappa shape index (κ3) is 5.37. The molecular formula is C23H26F4O. The van der Waals surface area contributed by atoms with E-state index in [2.05, 4.69) is 6.92 Å². The first-order valence-electron chi connectivity index (χ1n) is 9.78. The van der Waals surface area contributed by atoms with Gasteiger partial charge in [0.2, 0.25) is 5.82 Å². The van der Waals surface area contributed by atoms with E-state index in [1.54, 1.807) is 6.08 Å². The van der Waals surface area contributed by atoms with E-state index in [9.17, 15) is 17.6 Å². The van der Waals surface area contributed by atoms with Gasteiger partial charge in [0.1, 0.15) is 0 Å². The second kappa shape index (κ2) is 10.9. The number of ether oxygens (including phenoxy) is 1. The predicted molar refractivity (Wildman–Crippen MR) is 104 cm³/mol. The molecule has 152 valence electrons. The van der Waals surface area contributed by atoms with Crippen molar-refractivity contribution < 1.29 is 22.3 Å². The lowest BCUT2D eigenvalue weighted by Crippen LogP contribution is -2.00. The van der Waals surface area contributed by atoms with Crippen molar-refractivity contribution in [2.24, 2.45) is 0 Å². The van der Waals surface area contributed by atoms with Crippen molar-refractivity contribution in [3.8, 4) is 16.9 Å². The molecule has 0 aliphatic heterocycles. The monoisotopic (exact) mass is 394 g/mol. The quantitative estimate of drug-likeness (QED) is 0.228. The molecule has 2 aromatic rings. The molecule has 0 amide bonds. The van der Waals surface area contributed by atoms with Gasteiger partial charge >= 0.3 is 0 Å². The summed E-state index contributed by atoms with van der Waals surface area (Å²) in [4.78, 5) is 0. The van der Waals surface area contributed by atoms with Gasteiger partial charge in [0.05, 0.1) is 6.26 Å². The number of aryl methyl sites for hydroxylation is 1. The first-order valence-corrected chi connectivity index (χ1v) is 9.78. The molecule has 0 unspecified atom stereocenters. The molecule has 0 saturated heterocycles. The third-order valence-electron chi connectivity index (χ3n) is 4.53. The summed E-state index contributed by atoms with van der Waals surface area (Å²) in [5.41, 5.74) is -0.437. The lowest BCUT2D eigenvalue weighted by atomic mass is 10.00. The van der Waals surface area contributed by atoms with Crippen LogP contribution in [0.1, 0.15) is 57.9 Å². The molecule has 0 saturated carbocycles.